The highest BCUT2D eigenvalue weighted by atomic mass is 32.1. The first-order valence-electron chi connectivity index (χ1n) is 10.1. The number of nitrogens with zero attached hydrogens (tertiary/aromatic N) is 3. The van der Waals surface area contributed by atoms with E-state index in [1.54, 1.807) is 11.6 Å². The average molecular weight is 425 g/mol. The first-order chi connectivity index (χ1) is 14.6. The van der Waals surface area contributed by atoms with Gasteiger partial charge in [-0.1, -0.05) is 32.0 Å². The summed E-state index contributed by atoms with van der Waals surface area (Å²) < 4.78 is 5.72. The Hall–Kier alpha value is -2.84. The Morgan fingerprint density at radius 1 is 1.30 bits per heavy atom. The van der Waals surface area contributed by atoms with Crippen LogP contribution in [0.1, 0.15) is 41.9 Å². The van der Waals surface area contributed by atoms with Gasteiger partial charge in [-0.05, 0) is 19.0 Å². The smallest absolute Gasteiger partial charge is 0.340 e. The van der Waals surface area contributed by atoms with Crippen molar-refractivity contribution in [2.75, 3.05) is 18.4 Å². The van der Waals surface area contributed by atoms with Gasteiger partial charge in [-0.25, -0.2) is 9.78 Å². The predicted octanol–water partition coefficient (Wildman–Crippen LogP) is 3.64. The quantitative estimate of drug-likeness (QED) is 0.608. The molecule has 1 aliphatic rings. The number of fused-ring (bicyclic) bond motifs is 2. The van der Waals surface area contributed by atoms with Crippen LogP contribution >= 0.6 is 11.3 Å². The summed E-state index contributed by atoms with van der Waals surface area (Å²) in [6, 6.07) is 7.60. The van der Waals surface area contributed by atoms with Crippen molar-refractivity contribution in [1.82, 2.24) is 14.9 Å². The number of rotatable bonds is 6. The monoisotopic (exact) mass is 424 g/mol. The maximum Gasteiger partial charge on any atom is 0.340 e. The van der Waals surface area contributed by atoms with Gasteiger partial charge >= 0.3 is 5.97 Å². The Kier molecular flexibility index (Phi) is 6.06. The zero-order chi connectivity index (χ0) is 21.1. The molecule has 0 fully saturated rings. The second-order valence-electron chi connectivity index (χ2n) is 7.18. The van der Waals surface area contributed by atoms with E-state index in [9.17, 15) is 9.59 Å². The van der Waals surface area contributed by atoms with Gasteiger partial charge in [0.05, 0.1) is 11.1 Å². The van der Waals surface area contributed by atoms with E-state index in [0.29, 0.717) is 23.7 Å². The van der Waals surface area contributed by atoms with Crippen molar-refractivity contribution in [3.63, 3.8) is 0 Å². The number of nitrogens with one attached hydrogen (secondary N) is 1. The summed E-state index contributed by atoms with van der Waals surface area (Å²) in [7, 11) is 0. The van der Waals surface area contributed by atoms with Crippen LogP contribution in [-0.4, -0.2) is 45.9 Å². The van der Waals surface area contributed by atoms with Crippen molar-refractivity contribution in [2.24, 2.45) is 0 Å². The minimum absolute atomic E-state index is 0.370. The molecule has 1 atom stereocenters. The number of hydrogen-bond donors (Lipinski definition) is 1. The second-order valence-corrected chi connectivity index (χ2v) is 8.07. The van der Waals surface area contributed by atoms with Crippen LogP contribution in [0.15, 0.2) is 35.8 Å². The maximum atomic E-state index is 13.3. The van der Waals surface area contributed by atoms with Crippen molar-refractivity contribution in [3.05, 3.63) is 52.7 Å². The lowest BCUT2D eigenvalue weighted by Crippen LogP contribution is -2.35. The molecule has 3 heterocycles. The molecule has 0 saturated carbocycles. The van der Waals surface area contributed by atoms with Gasteiger partial charge in [0.1, 0.15) is 0 Å². The molecule has 0 radical (unpaired) electrons. The van der Waals surface area contributed by atoms with Crippen LogP contribution in [0.2, 0.25) is 0 Å². The van der Waals surface area contributed by atoms with Crippen LogP contribution < -0.4 is 5.32 Å². The summed E-state index contributed by atoms with van der Waals surface area (Å²) in [5.74, 6) is -0.854. The first kappa shape index (κ1) is 20.4. The van der Waals surface area contributed by atoms with Gasteiger partial charge < -0.3 is 4.74 Å². The van der Waals surface area contributed by atoms with Gasteiger partial charge in [-0.3, -0.25) is 20.0 Å². The van der Waals surface area contributed by atoms with Crippen LogP contribution in [0.4, 0.5) is 5.13 Å². The number of ether oxygens (including phenoxy) is 1. The molecule has 0 aliphatic carbocycles. The number of likely N-dealkylation sites (N-methyl/N-ethyl adjacent to an activating group) is 1. The molecule has 3 aromatic rings. The van der Waals surface area contributed by atoms with Crippen LogP contribution in [-0.2, 0) is 22.5 Å². The fourth-order valence-corrected chi connectivity index (χ4v) is 4.26. The lowest BCUT2D eigenvalue weighted by molar-refractivity contribution is -0.124. The number of benzene rings is 1. The molecule has 0 saturated heterocycles. The van der Waals surface area contributed by atoms with E-state index < -0.39 is 12.1 Å². The van der Waals surface area contributed by atoms with Gasteiger partial charge in [0.15, 0.2) is 11.2 Å². The lowest BCUT2D eigenvalue weighted by Gasteiger charge is -2.29. The Morgan fingerprint density at radius 2 is 2.13 bits per heavy atom. The molecule has 156 valence electrons. The van der Waals surface area contributed by atoms with Gasteiger partial charge in [0.25, 0.3) is 5.91 Å². The number of anilines is 1. The van der Waals surface area contributed by atoms with Crippen LogP contribution in [0, 0.1) is 0 Å². The predicted molar refractivity (Wildman–Crippen MR) is 117 cm³/mol. The van der Waals surface area contributed by atoms with E-state index in [1.807, 2.05) is 31.2 Å². The van der Waals surface area contributed by atoms with Gasteiger partial charge in [-0.15, -0.1) is 11.3 Å². The van der Waals surface area contributed by atoms with Crippen LogP contribution in [0.25, 0.3) is 10.9 Å². The van der Waals surface area contributed by atoms with E-state index in [2.05, 4.69) is 22.1 Å². The molecule has 1 unspecified atom stereocenters. The van der Waals surface area contributed by atoms with Gasteiger partial charge in [0, 0.05) is 47.7 Å². The summed E-state index contributed by atoms with van der Waals surface area (Å²) in [6.07, 6.45) is 1.88. The van der Waals surface area contributed by atoms with Crippen molar-refractivity contribution >= 4 is 39.2 Å². The number of thiazole rings is 1. The molecule has 1 N–H and O–H groups in total. The molecule has 1 amide bonds. The molecule has 30 heavy (non-hydrogen) atoms. The number of hydrogen-bond acceptors (Lipinski definition) is 7. The second kappa shape index (κ2) is 8.89. The highest BCUT2D eigenvalue weighted by Gasteiger charge is 2.29. The standard InChI is InChI=1S/C22H24N4O3S/c1-3-18(20(27)25-22-23-10-12-30-22)29-21(28)19-14-7-5-6-8-16(14)24-17-9-11-26(4-2)13-15(17)19/h5-8,10,12,18H,3-4,9,11,13H2,1-2H3,(H,23,25,27). The van der Waals surface area contributed by atoms with E-state index in [-0.39, 0.29) is 5.91 Å². The van der Waals surface area contributed by atoms with Crippen molar-refractivity contribution in [3.8, 4) is 0 Å². The summed E-state index contributed by atoms with van der Waals surface area (Å²) in [4.78, 5) is 37.1. The normalized spacial score (nSPS) is 14.9. The highest BCUT2D eigenvalue weighted by molar-refractivity contribution is 7.13. The SMILES string of the molecule is CCC(OC(=O)c1c2c(nc3ccccc13)CCN(CC)C2)C(=O)Nc1nccs1. The molecular formula is C22H24N4O3S. The summed E-state index contributed by atoms with van der Waals surface area (Å²) in [6.45, 7) is 6.38. The molecular weight excluding hydrogens is 400 g/mol. The number of pyridine rings is 1. The molecule has 8 heteroatoms. The third-order valence-corrected chi connectivity index (χ3v) is 6.04. The van der Waals surface area contributed by atoms with Crippen molar-refractivity contribution < 1.29 is 14.3 Å². The topological polar surface area (TPSA) is 84.4 Å². The zero-order valence-corrected chi connectivity index (χ0v) is 17.9. The number of aromatic nitrogens is 2. The number of amides is 1. The van der Waals surface area contributed by atoms with Gasteiger partial charge in [-0.2, -0.15) is 0 Å². The molecule has 1 aromatic carbocycles. The van der Waals surface area contributed by atoms with Gasteiger partial charge in [0.2, 0.25) is 0 Å². The Morgan fingerprint density at radius 3 is 2.87 bits per heavy atom. The van der Waals surface area contributed by atoms with Crippen molar-refractivity contribution in [1.29, 1.82) is 0 Å². The van der Waals surface area contributed by atoms with Crippen LogP contribution in [0.5, 0.6) is 0 Å². The summed E-state index contributed by atoms with van der Waals surface area (Å²) >= 11 is 1.32. The first-order valence-corrected chi connectivity index (χ1v) is 11.0. The number of para-hydroxylation sites is 1. The van der Waals surface area contributed by atoms with E-state index >= 15 is 0 Å². The average Bonchev–Trinajstić information content (AvgIpc) is 3.28. The molecule has 7 nitrogen and oxygen atoms in total. The minimum atomic E-state index is -0.894. The van der Waals surface area contributed by atoms with Crippen LogP contribution in [0.3, 0.4) is 0 Å². The van der Waals surface area contributed by atoms with E-state index in [1.165, 1.54) is 11.3 Å². The van der Waals surface area contributed by atoms with E-state index in [4.69, 9.17) is 9.72 Å². The fourth-order valence-electron chi connectivity index (χ4n) is 3.73. The zero-order valence-electron chi connectivity index (χ0n) is 17.1. The molecule has 0 bridgehead atoms. The molecule has 0 spiro atoms. The summed E-state index contributed by atoms with van der Waals surface area (Å²) in [5, 5.41) is 5.74. The minimum Gasteiger partial charge on any atom is -0.449 e. The third kappa shape index (κ3) is 4.06. The Bertz CT molecular complexity index is 1070. The molecule has 4 rings (SSSR count). The van der Waals surface area contributed by atoms with Crippen molar-refractivity contribution in [2.45, 2.75) is 39.3 Å². The largest absolute Gasteiger partial charge is 0.449 e. The maximum absolute atomic E-state index is 13.3. The number of carbonyl (C=O) groups excluding carboxylic acids is 2. The third-order valence-electron chi connectivity index (χ3n) is 5.35. The summed E-state index contributed by atoms with van der Waals surface area (Å²) in [5.41, 5.74) is 3.13. The number of esters is 1. The Labute approximate surface area is 179 Å². The number of carbonyl (C=O) groups is 2. The van der Waals surface area contributed by atoms with E-state index in [0.717, 1.165) is 41.7 Å². The highest BCUT2D eigenvalue weighted by Crippen LogP contribution is 2.29. The lowest BCUT2D eigenvalue weighted by atomic mass is 9.95. The fraction of sp³-hybridized carbons (Fsp3) is 0.364. The molecule has 1 aliphatic heterocycles. The Balaban J connectivity index is 1.67. The molecule has 2 aromatic heterocycles.